The van der Waals surface area contributed by atoms with E-state index in [0.29, 0.717) is 5.69 Å². The molecule has 0 saturated heterocycles. The van der Waals surface area contributed by atoms with Gasteiger partial charge in [0.05, 0.1) is 6.61 Å². The van der Waals surface area contributed by atoms with Gasteiger partial charge in [-0.05, 0) is 30.7 Å². The number of carbonyl (C=O) groups excluding carboxylic acids is 1. The van der Waals surface area contributed by atoms with Crippen LogP contribution < -0.4 is 5.73 Å². The van der Waals surface area contributed by atoms with Crippen molar-refractivity contribution in [3.05, 3.63) is 35.4 Å². The lowest BCUT2D eigenvalue weighted by Gasteiger charge is -2.00. The molecule has 0 amide bonds. The van der Waals surface area contributed by atoms with Crippen LogP contribution in [-0.2, 0) is 9.53 Å². The summed E-state index contributed by atoms with van der Waals surface area (Å²) in [7, 11) is 0. The van der Waals surface area contributed by atoms with Crippen LogP contribution in [0.2, 0.25) is 0 Å². The van der Waals surface area contributed by atoms with Gasteiger partial charge in [0, 0.05) is 5.69 Å². The van der Waals surface area contributed by atoms with Gasteiger partial charge in [-0.3, -0.25) is 0 Å². The molecule has 0 fully saturated rings. The Bertz CT molecular complexity index is 441. The van der Waals surface area contributed by atoms with Crippen LogP contribution >= 0.6 is 0 Å². The first kappa shape index (κ1) is 11.8. The van der Waals surface area contributed by atoms with Gasteiger partial charge in [-0.15, -0.1) is 0 Å². The number of anilines is 1. The van der Waals surface area contributed by atoms with Crippen LogP contribution in [0.4, 0.5) is 5.69 Å². The zero-order chi connectivity index (χ0) is 12.0. The molecule has 0 spiro atoms. The number of rotatable bonds is 3. The van der Waals surface area contributed by atoms with Crippen LogP contribution in [0.3, 0.4) is 0 Å². The number of hydrogen-bond acceptors (Lipinski definition) is 4. The number of hydrogen-bond donors (Lipinski definition) is 1. The second-order valence-electron chi connectivity index (χ2n) is 3.06. The van der Waals surface area contributed by atoms with E-state index >= 15 is 0 Å². The van der Waals surface area contributed by atoms with Gasteiger partial charge in [-0.1, -0.05) is 12.1 Å². The molecule has 0 radical (unpaired) electrons. The average molecular weight is 216 g/mol. The van der Waals surface area contributed by atoms with E-state index in [1.807, 2.05) is 0 Å². The predicted molar refractivity (Wildman–Crippen MR) is 61.1 cm³/mol. The van der Waals surface area contributed by atoms with Gasteiger partial charge in [-0.2, -0.15) is 5.26 Å². The lowest BCUT2D eigenvalue weighted by atomic mass is 10.1. The summed E-state index contributed by atoms with van der Waals surface area (Å²) in [6, 6.07) is 8.66. The van der Waals surface area contributed by atoms with Gasteiger partial charge in [0.2, 0.25) is 0 Å². The highest BCUT2D eigenvalue weighted by Gasteiger charge is 2.09. The molecule has 0 bridgehead atoms. The second-order valence-corrected chi connectivity index (χ2v) is 3.06. The van der Waals surface area contributed by atoms with Crippen molar-refractivity contribution in [3.8, 4) is 6.07 Å². The van der Waals surface area contributed by atoms with Crippen LogP contribution in [-0.4, -0.2) is 12.6 Å². The van der Waals surface area contributed by atoms with E-state index in [9.17, 15) is 4.79 Å². The molecular formula is C12H12N2O2. The Morgan fingerprint density at radius 1 is 1.50 bits per heavy atom. The van der Waals surface area contributed by atoms with Crippen molar-refractivity contribution in [3.63, 3.8) is 0 Å². The smallest absolute Gasteiger partial charge is 0.348 e. The SMILES string of the molecule is CCOC(=O)C(C#N)=Cc1ccc(N)cc1. The summed E-state index contributed by atoms with van der Waals surface area (Å²) >= 11 is 0. The highest BCUT2D eigenvalue weighted by Crippen LogP contribution is 2.10. The Kier molecular flexibility index (Phi) is 4.10. The zero-order valence-corrected chi connectivity index (χ0v) is 8.93. The van der Waals surface area contributed by atoms with Gasteiger partial charge in [0.1, 0.15) is 11.6 Å². The van der Waals surface area contributed by atoms with Crippen molar-refractivity contribution in [2.45, 2.75) is 6.92 Å². The van der Waals surface area contributed by atoms with E-state index in [1.54, 1.807) is 37.3 Å². The van der Waals surface area contributed by atoms with Crippen LogP contribution in [0.5, 0.6) is 0 Å². The van der Waals surface area contributed by atoms with E-state index < -0.39 is 5.97 Å². The summed E-state index contributed by atoms with van der Waals surface area (Å²) in [6.07, 6.45) is 1.47. The molecule has 0 atom stereocenters. The molecule has 0 aliphatic rings. The van der Waals surface area contributed by atoms with Crippen LogP contribution in [0.15, 0.2) is 29.8 Å². The molecule has 0 aromatic heterocycles. The number of nitrogen functional groups attached to an aromatic ring is 1. The number of carbonyl (C=O) groups is 1. The number of nitrogens with zero attached hydrogens (tertiary/aromatic N) is 1. The van der Waals surface area contributed by atoms with Gasteiger partial charge < -0.3 is 10.5 Å². The van der Waals surface area contributed by atoms with Crippen molar-refractivity contribution in [2.75, 3.05) is 12.3 Å². The van der Waals surface area contributed by atoms with Crippen molar-refractivity contribution < 1.29 is 9.53 Å². The van der Waals surface area contributed by atoms with Gasteiger partial charge >= 0.3 is 5.97 Å². The third-order valence-corrected chi connectivity index (χ3v) is 1.86. The summed E-state index contributed by atoms with van der Waals surface area (Å²) in [5.74, 6) is -0.609. The second kappa shape index (κ2) is 5.56. The zero-order valence-electron chi connectivity index (χ0n) is 8.93. The molecule has 2 N–H and O–H groups in total. The Balaban J connectivity index is 2.92. The van der Waals surface area contributed by atoms with Crippen LogP contribution in [0.25, 0.3) is 6.08 Å². The third-order valence-electron chi connectivity index (χ3n) is 1.86. The van der Waals surface area contributed by atoms with E-state index in [0.717, 1.165) is 5.56 Å². The highest BCUT2D eigenvalue weighted by atomic mass is 16.5. The van der Waals surface area contributed by atoms with Crippen molar-refractivity contribution in [1.29, 1.82) is 5.26 Å². The first-order valence-corrected chi connectivity index (χ1v) is 4.82. The van der Waals surface area contributed by atoms with E-state index in [-0.39, 0.29) is 12.2 Å². The lowest BCUT2D eigenvalue weighted by molar-refractivity contribution is -0.137. The van der Waals surface area contributed by atoms with Gasteiger partial charge in [-0.25, -0.2) is 4.79 Å². The fourth-order valence-electron chi connectivity index (χ4n) is 1.10. The molecule has 0 aliphatic carbocycles. The van der Waals surface area contributed by atoms with Gasteiger partial charge in [0.15, 0.2) is 0 Å². The molecule has 4 heteroatoms. The van der Waals surface area contributed by atoms with E-state index in [1.165, 1.54) is 6.08 Å². The fourth-order valence-corrected chi connectivity index (χ4v) is 1.10. The molecule has 82 valence electrons. The van der Waals surface area contributed by atoms with E-state index in [4.69, 9.17) is 15.7 Å². The Labute approximate surface area is 93.9 Å². The van der Waals surface area contributed by atoms with E-state index in [2.05, 4.69) is 0 Å². The largest absolute Gasteiger partial charge is 0.462 e. The normalized spacial score (nSPS) is 10.6. The standard InChI is InChI=1S/C12H12N2O2/c1-2-16-12(15)10(8-13)7-9-3-5-11(14)6-4-9/h3-7H,2,14H2,1H3. The number of benzene rings is 1. The molecule has 1 rings (SSSR count). The quantitative estimate of drug-likeness (QED) is 0.361. The number of esters is 1. The maximum absolute atomic E-state index is 11.3. The molecule has 0 unspecified atom stereocenters. The third kappa shape index (κ3) is 3.14. The highest BCUT2D eigenvalue weighted by molar-refractivity contribution is 5.97. The molecule has 0 heterocycles. The number of nitriles is 1. The first-order chi connectivity index (χ1) is 7.67. The van der Waals surface area contributed by atoms with Crippen LogP contribution in [0.1, 0.15) is 12.5 Å². The average Bonchev–Trinajstić information content (AvgIpc) is 2.28. The van der Waals surface area contributed by atoms with Crippen molar-refractivity contribution in [1.82, 2.24) is 0 Å². The Morgan fingerprint density at radius 2 is 2.12 bits per heavy atom. The summed E-state index contributed by atoms with van der Waals surface area (Å²) in [4.78, 5) is 11.3. The molecular weight excluding hydrogens is 204 g/mol. The summed E-state index contributed by atoms with van der Waals surface area (Å²) in [5.41, 5.74) is 6.86. The minimum atomic E-state index is -0.609. The summed E-state index contributed by atoms with van der Waals surface area (Å²) < 4.78 is 4.74. The predicted octanol–water partition coefficient (Wildman–Crippen LogP) is 1.74. The molecule has 0 saturated carbocycles. The van der Waals surface area contributed by atoms with Crippen molar-refractivity contribution in [2.24, 2.45) is 0 Å². The maximum atomic E-state index is 11.3. The lowest BCUT2D eigenvalue weighted by Crippen LogP contribution is -2.05. The Morgan fingerprint density at radius 3 is 2.62 bits per heavy atom. The van der Waals surface area contributed by atoms with Crippen LogP contribution in [0, 0.1) is 11.3 Å². The molecule has 0 aliphatic heterocycles. The number of nitrogens with two attached hydrogens (primary N) is 1. The molecule has 1 aromatic rings. The Hall–Kier alpha value is -2.28. The monoisotopic (exact) mass is 216 g/mol. The minimum absolute atomic E-state index is 0.0216. The topological polar surface area (TPSA) is 76.1 Å². The molecule has 1 aromatic carbocycles. The molecule has 4 nitrogen and oxygen atoms in total. The van der Waals surface area contributed by atoms with Crippen molar-refractivity contribution >= 4 is 17.7 Å². The maximum Gasteiger partial charge on any atom is 0.348 e. The minimum Gasteiger partial charge on any atom is -0.462 e. The number of ether oxygens (including phenoxy) is 1. The molecule has 16 heavy (non-hydrogen) atoms. The summed E-state index contributed by atoms with van der Waals surface area (Å²) in [5, 5.41) is 8.80. The fraction of sp³-hybridized carbons (Fsp3) is 0.167. The first-order valence-electron chi connectivity index (χ1n) is 4.82. The van der Waals surface area contributed by atoms with Gasteiger partial charge in [0.25, 0.3) is 0 Å². The summed E-state index contributed by atoms with van der Waals surface area (Å²) in [6.45, 7) is 1.94.